The van der Waals surface area contributed by atoms with Crippen LogP contribution in [0.25, 0.3) is 71.3 Å². The molecule has 0 amide bonds. The molecular weight excluding hydrogens is 849 g/mol. The minimum atomic E-state index is 0.938. The average Bonchev–Trinajstić information content (AvgIpc) is 4.12. The van der Waals surface area contributed by atoms with Crippen LogP contribution >= 0.6 is 0 Å². The van der Waals surface area contributed by atoms with Gasteiger partial charge in [-0.15, -0.1) is 0 Å². The first-order valence-corrected chi connectivity index (χ1v) is 25.0. The molecule has 0 spiro atoms. The maximum Gasteiger partial charge on any atom is 0.0804 e. The molecule has 0 radical (unpaired) electrons. The summed E-state index contributed by atoms with van der Waals surface area (Å²) in [5.74, 6) is 0. The molecule has 3 aliphatic rings. The summed E-state index contributed by atoms with van der Waals surface area (Å²) in [6.07, 6.45) is 8.94. The largest absolute Gasteiger partial charge is 0.310 e. The number of rotatable bonds is 6. The van der Waals surface area contributed by atoms with E-state index in [9.17, 15) is 0 Å². The monoisotopic (exact) mass is 898 g/mol. The number of hydrogen-bond acceptors (Lipinski definition) is 2. The van der Waals surface area contributed by atoms with Gasteiger partial charge in [-0.25, -0.2) is 0 Å². The van der Waals surface area contributed by atoms with E-state index in [-0.39, 0.29) is 0 Å². The molecule has 0 saturated heterocycles. The standard InChI is InChI=1S/C66H50N4/c1-39-29-40(2)32-49(31-39)67(47-21-23-53-45(37-47)35-43-13-5-7-15-51(43)53)59-25-27-61-65-63(59)55-17-9-11-19-57(55)69(65)62-28-26-60(64-56-18-10-12-20-58(56)70(61)66(62)64)68(50-33-41(3)30-42(4)34-50)48-22-24-54-46(38-48)36-44-14-6-8-16-52(44)54/h5,7-13,15-34,37-38H,6,14,35-36H2,1-4H3. The number of para-hydroxylation sites is 2. The lowest BCUT2D eigenvalue weighted by Gasteiger charge is -2.29. The summed E-state index contributed by atoms with van der Waals surface area (Å²) in [5, 5.41) is 4.99. The van der Waals surface area contributed by atoms with Gasteiger partial charge in [0, 0.05) is 44.3 Å². The summed E-state index contributed by atoms with van der Waals surface area (Å²) in [5.41, 5.74) is 30.6. The number of nitrogens with zero attached hydrogens (tertiary/aromatic N) is 4. The first-order valence-electron chi connectivity index (χ1n) is 25.0. The highest BCUT2D eigenvalue weighted by Gasteiger charge is 2.30. The van der Waals surface area contributed by atoms with E-state index in [0.29, 0.717) is 0 Å². The Morgan fingerprint density at radius 1 is 0.400 bits per heavy atom. The van der Waals surface area contributed by atoms with Crippen molar-refractivity contribution in [1.82, 2.24) is 8.80 Å². The molecule has 0 fully saturated rings. The van der Waals surface area contributed by atoms with Gasteiger partial charge in [0.25, 0.3) is 0 Å². The van der Waals surface area contributed by atoms with E-state index in [1.54, 1.807) is 5.57 Å². The Bertz CT molecular complexity index is 4260. The van der Waals surface area contributed by atoms with E-state index >= 15 is 0 Å². The summed E-state index contributed by atoms with van der Waals surface area (Å²) in [7, 11) is 0. The molecule has 0 N–H and O–H groups in total. The first kappa shape index (κ1) is 39.6. The van der Waals surface area contributed by atoms with Crippen molar-refractivity contribution < 1.29 is 0 Å². The van der Waals surface area contributed by atoms with Gasteiger partial charge >= 0.3 is 0 Å². The molecule has 12 aromatic rings. The van der Waals surface area contributed by atoms with Gasteiger partial charge in [-0.05, 0) is 200 Å². The van der Waals surface area contributed by atoms with Gasteiger partial charge in [0.05, 0.1) is 44.5 Å². The zero-order valence-corrected chi connectivity index (χ0v) is 39.9. The third kappa shape index (κ3) is 5.59. The fraction of sp³-hybridized carbons (Fsp3) is 0.121. The predicted octanol–water partition coefficient (Wildman–Crippen LogP) is 17.6. The number of benzene rings is 9. The second-order valence-electron chi connectivity index (χ2n) is 20.4. The predicted molar refractivity (Wildman–Crippen MR) is 295 cm³/mol. The quantitative estimate of drug-likeness (QED) is 0.155. The van der Waals surface area contributed by atoms with Crippen LogP contribution < -0.4 is 9.80 Å². The van der Waals surface area contributed by atoms with Crippen LogP contribution in [0.5, 0.6) is 0 Å². The summed E-state index contributed by atoms with van der Waals surface area (Å²) >= 11 is 0. The molecule has 3 heterocycles. The van der Waals surface area contributed by atoms with Gasteiger partial charge in [0.2, 0.25) is 0 Å². The number of hydrogen-bond donors (Lipinski definition) is 0. The number of aryl methyl sites for hydroxylation is 4. The van der Waals surface area contributed by atoms with Crippen LogP contribution in [0.2, 0.25) is 0 Å². The lowest BCUT2D eigenvalue weighted by atomic mass is 9.98. The Morgan fingerprint density at radius 2 is 0.900 bits per heavy atom. The molecule has 0 bridgehead atoms. The zero-order valence-electron chi connectivity index (χ0n) is 39.9. The second-order valence-corrected chi connectivity index (χ2v) is 20.4. The molecule has 0 aliphatic heterocycles. The SMILES string of the molecule is Cc1cc(C)cc(N(c2ccc3c(c2)CC2=C3C=CCC2)c2ccc3c4c2c2ccccc2n4c2ccc(N(c4cc(C)cc(C)c4)c4ccc5c(c4)Cc4ccccc4-5)c4c5ccccc5n3c42)c1. The van der Waals surface area contributed by atoms with Crippen LogP contribution in [0.1, 0.15) is 57.3 Å². The third-order valence-corrected chi connectivity index (χ3v) is 15.8. The van der Waals surface area contributed by atoms with Crippen molar-refractivity contribution in [3.63, 3.8) is 0 Å². The van der Waals surface area contributed by atoms with E-state index in [4.69, 9.17) is 0 Å². The van der Waals surface area contributed by atoms with Crippen LogP contribution in [0, 0.1) is 27.7 Å². The van der Waals surface area contributed by atoms with E-state index in [0.717, 1.165) is 25.7 Å². The molecular formula is C66H50N4. The fourth-order valence-corrected chi connectivity index (χ4v) is 13.2. The van der Waals surface area contributed by atoms with Crippen molar-refractivity contribution >= 4 is 94.3 Å². The number of aromatic nitrogens is 2. The molecule has 4 heteroatoms. The van der Waals surface area contributed by atoms with Crippen molar-refractivity contribution in [3.8, 4) is 11.1 Å². The molecule has 0 atom stereocenters. The molecule has 9 aromatic carbocycles. The highest BCUT2D eigenvalue weighted by Crippen LogP contribution is 2.52. The van der Waals surface area contributed by atoms with Gasteiger partial charge in [-0.3, -0.25) is 0 Å². The van der Waals surface area contributed by atoms with Crippen molar-refractivity contribution in [2.75, 3.05) is 9.80 Å². The van der Waals surface area contributed by atoms with Gasteiger partial charge in [0.15, 0.2) is 0 Å². The molecule has 0 saturated carbocycles. The number of anilines is 6. The normalized spacial score (nSPS) is 13.9. The zero-order chi connectivity index (χ0) is 46.5. The Labute approximate surface area is 407 Å². The molecule has 0 unspecified atom stereocenters. The lowest BCUT2D eigenvalue weighted by Crippen LogP contribution is -2.12. The van der Waals surface area contributed by atoms with E-state index in [2.05, 4.69) is 228 Å². The second kappa shape index (κ2) is 14.6. The lowest BCUT2D eigenvalue weighted by molar-refractivity contribution is 0.935. The molecule has 3 aromatic heterocycles. The van der Waals surface area contributed by atoms with Crippen molar-refractivity contribution in [1.29, 1.82) is 0 Å². The van der Waals surface area contributed by atoms with Crippen LogP contribution in [0.15, 0.2) is 188 Å². The molecule has 4 nitrogen and oxygen atoms in total. The van der Waals surface area contributed by atoms with Crippen LogP contribution in [0.3, 0.4) is 0 Å². The smallest absolute Gasteiger partial charge is 0.0804 e. The third-order valence-electron chi connectivity index (χ3n) is 15.8. The molecule has 70 heavy (non-hydrogen) atoms. The van der Waals surface area contributed by atoms with Gasteiger partial charge < -0.3 is 18.6 Å². The Morgan fingerprint density at radius 3 is 1.49 bits per heavy atom. The number of fused-ring (bicyclic) bond motifs is 13. The molecule has 3 aliphatic carbocycles. The summed E-state index contributed by atoms with van der Waals surface area (Å²) in [4.78, 5) is 5.07. The fourth-order valence-electron chi connectivity index (χ4n) is 13.2. The Hall–Kier alpha value is -8.34. The highest BCUT2D eigenvalue weighted by atomic mass is 15.2. The van der Waals surface area contributed by atoms with Crippen molar-refractivity contribution in [3.05, 3.63) is 232 Å². The van der Waals surface area contributed by atoms with Gasteiger partial charge in [-0.2, -0.15) is 0 Å². The van der Waals surface area contributed by atoms with Gasteiger partial charge in [-0.1, -0.05) is 103 Å². The summed E-state index contributed by atoms with van der Waals surface area (Å²) < 4.78 is 5.16. The van der Waals surface area contributed by atoms with E-state index in [1.807, 2.05) is 0 Å². The Kier molecular flexibility index (Phi) is 8.26. The highest BCUT2D eigenvalue weighted by molar-refractivity contribution is 6.27. The summed E-state index contributed by atoms with van der Waals surface area (Å²) in [6.45, 7) is 8.89. The topological polar surface area (TPSA) is 15.3 Å². The minimum Gasteiger partial charge on any atom is -0.310 e. The molecule has 15 rings (SSSR count). The first-order chi connectivity index (χ1) is 34.3. The average molecular weight is 899 g/mol. The Balaban J connectivity index is 1.02. The van der Waals surface area contributed by atoms with Crippen molar-refractivity contribution in [2.45, 2.75) is 53.4 Å². The van der Waals surface area contributed by atoms with Crippen LogP contribution in [-0.2, 0) is 12.8 Å². The van der Waals surface area contributed by atoms with E-state index in [1.165, 1.54) is 150 Å². The van der Waals surface area contributed by atoms with Crippen LogP contribution in [-0.4, -0.2) is 8.80 Å². The number of allylic oxidation sites excluding steroid dienone is 4. The maximum atomic E-state index is 2.58. The minimum absolute atomic E-state index is 0.938. The van der Waals surface area contributed by atoms with Crippen LogP contribution in [0.4, 0.5) is 34.1 Å². The van der Waals surface area contributed by atoms with E-state index < -0.39 is 0 Å². The molecule has 334 valence electrons. The van der Waals surface area contributed by atoms with Crippen molar-refractivity contribution in [2.24, 2.45) is 0 Å². The van der Waals surface area contributed by atoms with Gasteiger partial charge in [0.1, 0.15) is 0 Å². The maximum absolute atomic E-state index is 2.58. The summed E-state index contributed by atoms with van der Waals surface area (Å²) in [6, 6.07) is 65.0.